The standard InChI is InChI=1S/C11H16O2S/c1-3-4-5-6-7-11(2)9(12)8-10(13)14-11/h6-8,12H,3-5H2,1-2H3/t11-/m0/s1. The van der Waals surface area contributed by atoms with E-state index >= 15 is 0 Å². The molecule has 0 amide bonds. The van der Waals surface area contributed by atoms with Crippen LogP contribution in [0, 0.1) is 0 Å². The molecule has 0 bridgehead atoms. The minimum Gasteiger partial charge on any atom is -0.510 e. The van der Waals surface area contributed by atoms with Crippen molar-refractivity contribution in [1.29, 1.82) is 0 Å². The molecule has 2 nitrogen and oxygen atoms in total. The van der Waals surface area contributed by atoms with Gasteiger partial charge in [-0.05, 0) is 13.3 Å². The van der Waals surface area contributed by atoms with Crippen LogP contribution >= 0.6 is 11.8 Å². The Morgan fingerprint density at radius 3 is 2.86 bits per heavy atom. The summed E-state index contributed by atoms with van der Waals surface area (Å²) in [4.78, 5) is 11.1. The molecule has 1 atom stereocenters. The molecule has 0 saturated carbocycles. The predicted molar refractivity (Wildman–Crippen MR) is 60.4 cm³/mol. The minimum atomic E-state index is -0.523. The number of hydrogen-bond acceptors (Lipinski definition) is 3. The van der Waals surface area contributed by atoms with Gasteiger partial charge in [0.1, 0.15) is 5.76 Å². The van der Waals surface area contributed by atoms with Gasteiger partial charge in [0.05, 0.1) is 4.75 Å². The van der Waals surface area contributed by atoms with Crippen molar-refractivity contribution in [3.63, 3.8) is 0 Å². The number of hydrogen-bond donors (Lipinski definition) is 1. The van der Waals surface area contributed by atoms with Crippen molar-refractivity contribution in [3.05, 3.63) is 24.0 Å². The van der Waals surface area contributed by atoms with Crippen LogP contribution in [0.15, 0.2) is 24.0 Å². The van der Waals surface area contributed by atoms with E-state index in [0.29, 0.717) is 0 Å². The van der Waals surface area contributed by atoms with E-state index in [9.17, 15) is 9.90 Å². The number of carbonyl (C=O) groups excluding carboxylic acids is 1. The number of unbranched alkanes of at least 4 members (excludes halogenated alkanes) is 2. The normalized spacial score (nSPS) is 27.3. The molecule has 78 valence electrons. The molecule has 1 aliphatic rings. The number of allylic oxidation sites excluding steroid dienone is 1. The van der Waals surface area contributed by atoms with Crippen molar-refractivity contribution in [2.45, 2.75) is 37.9 Å². The lowest BCUT2D eigenvalue weighted by Crippen LogP contribution is -2.16. The summed E-state index contributed by atoms with van der Waals surface area (Å²) >= 11 is 1.17. The Kier molecular flexibility index (Phi) is 3.81. The molecule has 0 fully saturated rings. The molecule has 3 heteroatoms. The van der Waals surface area contributed by atoms with Crippen LogP contribution in [-0.4, -0.2) is 15.0 Å². The van der Waals surface area contributed by atoms with E-state index in [4.69, 9.17) is 0 Å². The Labute approximate surface area is 89.1 Å². The number of aliphatic hydroxyl groups excluding tert-OH is 1. The van der Waals surface area contributed by atoms with Crippen molar-refractivity contribution in [1.82, 2.24) is 0 Å². The molecule has 14 heavy (non-hydrogen) atoms. The van der Waals surface area contributed by atoms with Gasteiger partial charge in [-0.1, -0.05) is 43.7 Å². The molecule has 0 aromatic heterocycles. The molecule has 1 heterocycles. The first-order valence-corrected chi connectivity index (χ1v) is 5.72. The van der Waals surface area contributed by atoms with Crippen LogP contribution < -0.4 is 0 Å². The predicted octanol–water partition coefficient (Wildman–Crippen LogP) is 3.21. The third kappa shape index (κ3) is 2.64. The highest BCUT2D eigenvalue weighted by atomic mass is 32.2. The lowest BCUT2D eigenvalue weighted by molar-refractivity contribution is -0.106. The first kappa shape index (κ1) is 11.4. The number of rotatable bonds is 4. The van der Waals surface area contributed by atoms with Crippen LogP contribution in [0.25, 0.3) is 0 Å². The summed E-state index contributed by atoms with van der Waals surface area (Å²) in [6, 6.07) is 0. The molecule has 0 unspecified atom stereocenters. The van der Waals surface area contributed by atoms with Crippen LogP contribution in [-0.2, 0) is 4.79 Å². The van der Waals surface area contributed by atoms with Crippen molar-refractivity contribution in [2.24, 2.45) is 0 Å². The summed E-state index contributed by atoms with van der Waals surface area (Å²) in [5.41, 5.74) is 0. The third-order valence-electron chi connectivity index (χ3n) is 2.24. The molecule has 0 spiro atoms. The van der Waals surface area contributed by atoms with Gasteiger partial charge < -0.3 is 5.11 Å². The maximum Gasteiger partial charge on any atom is 0.216 e. The SMILES string of the molecule is CCCCC=C[C@]1(C)SC(=O)C=C1O. The van der Waals surface area contributed by atoms with E-state index in [-0.39, 0.29) is 10.9 Å². The first-order chi connectivity index (χ1) is 6.58. The molecule has 0 aliphatic carbocycles. The summed E-state index contributed by atoms with van der Waals surface area (Å²) in [6.45, 7) is 4.00. The molecule has 1 aliphatic heterocycles. The van der Waals surface area contributed by atoms with Crippen molar-refractivity contribution >= 4 is 16.9 Å². The lowest BCUT2D eigenvalue weighted by atomic mass is 10.1. The van der Waals surface area contributed by atoms with Gasteiger partial charge in [-0.2, -0.15) is 0 Å². The van der Waals surface area contributed by atoms with Gasteiger partial charge in [0.2, 0.25) is 5.12 Å². The van der Waals surface area contributed by atoms with E-state index < -0.39 is 4.75 Å². The van der Waals surface area contributed by atoms with E-state index in [0.717, 1.165) is 19.3 Å². The largest absolute Gasteiger partial charge is 0.510 e. The maximum absolute atomic E-state index is 11.1. The topological polar surface area (TPSA) is 37.3 Å². The van der Waals surface area contributed by atoms with E-state index in [1.165, 1.54) is 17.8 Å². The Morgan fingerprint density at radius 1 is 1.64 bits per heavy atom. The average Bonchev–Trinajstić information content (AvgIpc) is 2.36. The van der Waals surface area contributed by atoms with Gasteiger partial charge in [-0.15, -0.1) is 0 Å². The second kappa shape index (κ2) is 4.69. The highest BCUT2D eigenvalue weighted by Crippen LogP contribution is 2.39. The van der Waals surface area contributed by atoms with Crippen LogP contribution in [0.3, 0.4) is 0 Å². The fraction of sp³-hybridized carbons (Fsp3) is 0.545. The highest BCUT2D eigenvalue weighted by molar-refractivity contribution is 8.15. The highest BCUT2D eigenvalue weighted by Gasteiger charge is 2.35. The van der Waals surface area contributed by atoms with Gasteiger partial charge in [0.15, 0.2) is 0 Å². The second-order valence-electron chi connectivity index (χ2n) is 3.60. The maximum atomic E-state index is 11.1. The van der Waals surface area contributed by atoms with E-state index in [1.54, 1.807) is 0 Å². The van der Waals surface area contributed by atoms with Gasteiger partial charge in [-0.25, -0.2) is 0 Å². The van der Waals surface area contributed by atoms with Crippen LogP contribution in [0.2, 0.25) is 0 Å². The molecular weight excluding hydrogens is 196 g/mol. The van der Waals surface area contributed by atoms with Crippen molar-refractivity contribution < 1.29 is 9.90 Å². The third-order valence-corrected chi connectivity index (χ3v) is 3.32. The molecule has 0 saturated heterocycles. The molecule has 0 aromatic carbocycles. The zero-order valence-corrected chi connectivity index (χ0v) is 9.43. The quantitative estimate of drug-likeness (QED) is 0.574. The van der Waals surface area contributed by atoms with E-state index in [2.05, 4.69) is 6.92 Å². The Morgan fingerprint density at radius 2 is 2.36 bits per heavy atom. The lowest BCUT2D eigenvalue weighted by Gasteiger charge is -2.17. The summed E-state index contributed by atoms with van der Waals surface area (Å²) in [5.74, 6) is 0.167. The smallest absolute Gasteiger partial charge is 0.216 e. The Bertz CT molecular complexity index is 281. The molecule has 0 radical (unpaired) electrons. The zero-order valence-electron chi connectivity index (χ0n) is 8.62. The van der Waals surface area contributed by atoms with Gasteiger partial charge in [0, 0.05) is 6.08 Å². The number of aliphatic hydroxyl groups is 1. The fourth-order valence-electron chi connectivity index (χ4n) is 1.30. The number of thioether (sulfide) groups is 1. The first-order valence-electron chi connectivity index (χ1n) is 4.90. The molecule has 0 aromatic rings. The van der Waals surface area contributed by atoms with E-state index in [1.807, 2.05) is 19.1 Å². The van der Waals surface area contributed by atoms with Gasteiger partial charge >= 0.3 is 0 Å². The summed E-state index contributed by atoms with van der Waals surface area (Å²) in [5, 5.41) is 9.48. The van der Waals surface area contributed by atoms with Crippen LogP contribution in [0.1, 0.15) is 33.1 Å². The summed E-state index contributed by atoms with van der Waals surface area (Å²) in [6.07, 6.45) is 8.58. The monoisotopic (exact) mass is 212 g/mol. The summed E-state index contributed by atoms with van der Waals surface area (Å²) in [7, 11) is 0. The van der Waals surface area contributed by atoms with Gasteiger partial charge in [-0.3, -0.25) is 4.79 Å². The van der Waals surface area contributed by atoms with Crippen LogP contribution in [0.5, 0.6) is 0 Å². The Hall–Kier alpha value is -0.700. The Balaban J connectivity index is 2.55. The fourth-order valence-corrected chi connectivity index (χ4v) is 2.21. The number of carbonyl (C=O) groups is 1. The zero-order chi connectivity index (χ0) is 10.6. The summed E-state index contributed by atoms with van der Waals surface area (Å²) < 4.78 is -0.523. The molecular formula is C11H16O2S. The molecule has 1 rings (SSSR count). The average molecular weight is 212 g/mol. The van der Waals surface area contributed by atoms with Gasteiger partial charge in [0.25, 0.3) is 0 Å². The van der Waals surface area contributed by atoms with Crippen molar-refractivity contribution in [3.8, 4) is 0 Å². The second-order valence-corrected chi connectivity index (χ2v) is 5.06. The van der Waals surface area contributed by atoms with Crippen LogP contribution in [0.4, 0.5) is 0 Å². The van der Waals surface area contributed by atoms with Crippen molar-refractivity contribution in [2.75, 3.05) is 0 Å². The minimum absolute atomic E-state index is 0.0647. The molecule has 1 N–H and O–H groups in total.